The summed E-state index contributed by atoms with van der Waals surface area (Å²) in [5.74, 6) is -0.327. The van der Waals surface area contributed by atoms with Gasteiger partial charge in [-0.25, -0.2) is 9.37 Å². The molecule has 2 aromatic heterocycles. The lowest BCUT2D eigenvalue weighted by molar-refractivity contribution is -0.0688. The fourth-order valence-electron chi connectivity index (χ4n) is 4.51. The van der Waals surface area contributed by atoms with Crippen LogP contribution in [-0.2, 0) is 7.05 Å². The van der Waals surface area contributed by atoms with Crippen LogP contribution in [0.3, 0.4) is 0 Å². The van der Waals surface area contributed by atoms with Crippen molar-refractivity contribution in [3.05, 3.63) is 65.8 Å². The molecule has 1 aliphatic rings. The number of piperidine rings is 1. The topological polar surface area (TPSA) is 75.1 Å². The van der Waals surface area contributed by atoms with Gasteiger partial charge in [-0.15, -0.1) is 12.6 Å². The van der Waals surface area contributed by atoms with Crippen molar-refractivity contribution in [1.29, 1.82) is 0 Å². The second-order valence-corrected chi connectivity index (χ2v) is 10.5. The molecule has 0 spiro atoms. The van der Waals surface area contributed by atoms with Crippen molar-refractivity contribution >= 4 is 46.6 Å². The number of allylic oxidation sites excluding steroid dienone is 1. The summed E-state index contributed by atoms with van der Waals surface area (Å²) in [4.78, 5) is 17.3. The van der Waals surface area contributed by atoms with E-state index >= 15 is 4.39 Å². The predicted molar refractivity (Wildman–Crippen MR) is 148 cm³/mol. The third-order valence-electron chi connectivity index (χ3n) is 6.67. The number of halogens is 4. The number of rotatable bonds is 7. The number of pyridine rings is 1. The Bertz CT molecular complexity index is 1440. The van der Waals surface area contributed by atoms with Crippen molar-refractivity contribution in [2.45, 2.75) is 30.6 Å². The maximum Gasteiger partial charge on any atom is 0.417 e. The van der Waals surface area contributed by atoms with Crippen LogP contribution in [0.4, 0.5) is 23.2 Å². The molecule has 2 atom stereocenters. The predicted octanol–water partition coefficient (Wildman–Crippen LogP) is 5.01. The summed E-state index contributed by atoms with van der Waals surface area (Å²) in [6.45, 7) is 5.87. The number of aromatic nitrogens is 3. The van der Waals surface area contributed by atoms with Crippen LogP contribution < -0.4 is 10.6 Å². The monoisotopic (exact) mass is 562 g/mol. The van der Waals surface area contributed by atoms with Crippen LogP contribution in [0.1, 0.15) is 33.9 Å². The smallest absolute Gasteiger partial charge is 0.368 e. The highest BCUT2D eigenvalue weighted by Crippen LogP contribution is 2.39. The summed E-state index contributed by atoms with van der Waals surface area (Å²) < 4.78 is 57.7. The lowest BCUT2D eigenvalue weighted by atomic mass is 9.99. The van der Waals surface area contributed by atoms with Gasteiger partial charge in [-0.2, -0.15) is 18.3 Å². The number of nitrogens with zero attached hydrogens (tertiary/aromatic N) is 4. The number of thiol groups is 1. The Morgan fingerprint density at radius 1 is 1.31 bits per heavy atom. The summed E-state index contributed by atoms with van der Waals surface area (Å²) in [5.41, 5.74) is 0.235. The second kappa shape index (κ2) is 11.0. The molecular weight excluding hydrogens is 532 g/mol. The Morgan fingerprint density at radius 3 is 2.69 bits per heavy atom. The number of aryl methyl sites for hydroxylation is 2. The van der Waals surface area contributed by atoms with E-state index in [4.69, 9.17) is 0 Å². The maximum absolute atomic E-state index is 15.0. The summed E-state index contributed by atoms with van der Waals surface area (Å²) in [6.07, 6.45) is -0.923. The molecular formula is C27H30F4N6OS. The molecule has 0 unspecified atom stereocenters. The van der Waals surface area contributed by atoms with E-state index in [1.807, 2.05) is 11.9 Å². The number of hydrogen-bond acceptors (Lipinski definition) is 6. The molecule has 1 aromatic carbocycles. The van der Waals surface area contributed by atoms with E-state index in [-0.39, 0.29) is 35.8 Å². The van der Waals surface area contributed by atoms with Crippen molar-refractivity contribution < 1.29 is 22.4 Å². The van der Waals surface area contributed by atoms with Crippen LogP contribution in [0.25, 0.3) is 22.4 Å². The molecule has 7 nitrogen and oxygen atoms in total. The highest BCUT2D eigenvalue weighted by Gasteiger charge is 2.40. The lowest BCUT2D eigenvalue weighted by Crippen LogP contribution is -2.53. The van der Waals surface area contributed by atoms with E-state index < -0.39 is 22.8 Å². The van der Waals surface area contributed by atoms with Gasteiger partial charge in [0.05, 0.1) is 28.2 Å². The summed E-state index contributed by atoms with van der Waals surface area (Å²) in [5, 5.41) is 10.7. The lowest BCUT2D eigenvalue weighted by Gasteiger charge is -2.41. The molecule has 0 saturated carbocycles. The van der Waals surface area contributed by atoms with Crippen LogP contribution in [0.5, 0.6) is 0 Å². The third kappa shape index (κ3) is 6.27. The van der Waals surface area contributed by atoms with E-state index in [1.54, 1.807) is 44.4 Å². The number of anilines is 1. The standard InChI is InChI=1S/C27H30F4N6OS/c1-16(27(29,30)31)24-19-8-5-9-22(34-26(39)10-12-36(3)15-23(26)28)20(19)13-18(33-24)7-6-11-32-25(38)21-14-37(4)35-17(21)2/h5-9,13-14,23,34,39H,1,10-12,15H2,2-4H3,(H,32,38)/b7-6+/t23-,26+/m0/s1. The molecule has 39 heavy (non-hydrogen) atoms. The number of amides is 1. The zero-order valence-electron chi connectivity index (χ0n) is 21.8. The van der Waals surface area contributed by atoms with Gasteiger partial charge in [0.15, 0.2) is 0 Å². The molecule has 208 valence electrons. The van der Waals surface area contributed by atoms with Gasteiger partial charge in [0.1, 0.15) is 11.0 Å². The minimum Gasteiger partial charge on any atom is -0.368 e. The number of fused-ring (bicyclic) bond motifs is 1. The third-order valence-corrected chi connectivity index (χ3v) is 7.28. The molecule has 12 heteroatoms. The number of nitrogens with one attached hydrogen (secondary N) is 2. The fourth-order valence-corrected chi connectivity index (χ4v) is 4.81. The van der Waals surface area contributed by atoms with Gasteiger partial charge in [0.2, 0.25) is 0 Å². The first kappa shape index (κ1) is 28.6. The average molecular weight is 563 g/mol. The minimum absolute atomic E-state index is 0.110. The Labute approximate surface area is 229 Å². The maximum atomic E-state index is 15.0. The van der Waals surface area contributed by atoms with E-state index in [1.165, 1.54) is 16.8 Å². The SMILES string of the molecule is C=C(c1nc(/C=C/CNC(=O)c2cn(C)nc2C)cc2c(N[C@@]3(S)CCN(C)C[C@@H]3F)cccc12)C(F)(F)F. The quantitative estimate of drug-likeness (QED) is 0.215. The number of alkyl halides is 4. The molecule has 0 bridgehead atoms. The number of carbonyl (C=O) groups is 1. The van der Waals surface area contributed by atoms with E-state index in [2.05, 4.69) is 39.9 Å². The number of hydrogen-bond donors (Lipinski definition) is 3. The largest absolute Gasteiger partial charge is 0.417 e. The normalized spacial score (nSPS) is 20.5. The number of likely N-dealkylation sites (tertiary alicyclic amines) is 1. The number of benzene rings is 1. The van der Waals surface area contributed by atoms with Crippen LogP contribution in [0.15, 0.2) is 43.1 Å². The zero-order valence-corrected chi connectivity index (χ0v) is 22.7. The first-order valence-electron chi connectivity index (χ1n) is 12.3. The first-order chi connectivity index (χ1) is 18.3. The van der Waals surface area contributed by atoms with Crippen molar-refractivity contribution in [3.63, 3.8) is 0 Å². The molecule has 4 rings (SSSR count). The van der Waals surface area contributed by atoms with Crippen molar-refractivity contribution in [2.24, 2.45) is 7.05 Å². The molecule has 1 aliphatic heterocycles. The molecule has 1 fully saturated rings. The molecule has 0 aliphatic carbocycles. The van der Waals surface area contributed by atoms with E-state index in [9.17, 15) is 18.0 Å². The van der Waals surface area contributed by atoms with Gasteiger partial charge in [0.25, 0.3) is 5.91 Å². The van der Waals surface area contributed by atoms with Gasteiger partial charge in [-0.05, 0) is 38.6 Å². The summed E-state index contributed by atoms with van der Waals surface area (Å²) in [6, 6.07) is 6.41. The zero-order chi connectivity index (χ0) is 28.5. The van der Waals surface area contributed by atoms with Crippen LogP contribution in [0.2, 0.25) is 0 Å². The van der Waals surface area contributed by atoms with Gasteiger partial charge in [-0.3, -0.25) is 9.48 Å². The molecule has 2 N–H and O–H groups in total. The molecule has 3 aromatic rings. The number of carbonyl (C=O) groups excluding carboxylic acids is 1. The van der Waals surface area contributed by atoms with Gasteiger partial charge < -0.3 is 15.5 Å². The van der Waals surface area contributed by atoms with Crippen molar-refractivity contribution in [3.8, 4) is 0 Å². The van der Waals surface area contributed by atoms with Gasteiger partial charge >= 0.3 is 6.18 Å². The average Bonchev–Trinajstić information content (AvgIpc) is 3.21. The molecule has 3 heterocycles. The van der Waals surface area contributed by atoms with E-state index in [0.29, 0.717) is 35.3 Å². The molecule has 1 saturated heterocycles. The van der Waals surface area contributed by atoms with Crippen LogP contribution in [-0.4, -0.2) is 69.5 Å². The highest BCUT2D eigenvalue weighted by molar-refractivity contribution is 7.82. The minimum atomic E-state index is -4.70. The summed E-state index contributed by atoms with van der Waals surface area (Å²) >= 11 is 4.60. The van der Waals surface area contributed by atoms with Crippen molar-refractivity contribution in [2.75, 3.05) is 32.0 Å². The first-order valence-corrected chi connectivity index (χ1v) is 12.7. The highest BCUT2D eigenvalue weighted by atomic mass is 32.1. The van der Waals surface area contributed by atoms with Gasteiger partial charge in [-0.1, -0.05) is 24.8 Å². The Hall–Kier alpha value is -3.38. The van der Waals surface area contributed by atoms with Gasteiger partial charge in [0, 0.05) is 49.3 Å². The second-order valence-electron chi connectivity index (χ2n) is 9.72. The van der Waals surface area contributed by atoms with Crippen LogP contribution in [0, 0.1) is 6.92 Å². The van der Waals surface area contributed by atoms with Crippen LogP contribution >= 0.6 is 12.6 Å². The Morgan fingerprint density at radius 2 is 2.05 bits per heavy atom. The fraction of sp³-hybridized carbons (Fsp3) is 0.370. The van der Waals surface area contributed by atoms with Crippen molar-refractivity contribution in [1.82, 2.24) is 25.0 Å². The van der Waals surface area contributed by atoms with E-state index in [0.717, 1.165) is 0 Å². The molecule has 0 radical (unpaired) electrons. The molecule has 1 amide bonds. The Kier molecular flexibility index (Phi) is 8.08. The summed E-state index contributed by atoms with van der Waals surface area (Å²) in [7, 11) is 3.53. The Balaban J connectivity index is 1.67.